The molecule has 2 amide bonds. The van der Waals surface area contributed by atoms with Gasteiger partial charge in [0.25, 0.3) is 5.91 Å². The molecule has 0 aliphatic carbocycles. The van der Waals surface area contributed by atoms with Gasteiger partial charge in [0.15, 0.2) is 0 Å². The van der Waals surface area contributed by atoms with E-state index in [1.165, 1.54) is 0 Å². The highest BCUT2D eigenvalue weighted by Gasteiger charge is 2.14. The van der Waals surface area contributed by atoms with Crippen LogP contribution in [0, 0.1) is 0 Å². The Balaban J connectivity index is 2.05. The van der Waals surface area contributed by atoms with E-state index in [0.717, 1.165) is 10.9 Å². The minimum Gasteiger partial charge on any atom is -0.273 e. The van der Waals surface area contributed by atoms with Crippen molar-refractivity contribution >= 4 is 22.7 Å². The van der Waals surface area contributed by atoms with Crippen LogP contribution in [0.4, 0.5) is 0 Å². The molecule has 0 bridgehead atoms. The van der Waals surface area contributed by atoms with E-state index in [1.807, 2.05) is 36.4 Å². The van der Waals surface area contributed by atoms with Gasteiger partial charge < -0.3 is 0 Å². The number of hydrazine groups is 1. The van der Waals surface area contributed by atoms with Gasteiger partial charge in [-0.05, 0) is 24.3 Å². The molecule has 0 aliphatic rings. The number of benzene rings is 1. The van der Waals surface area contributed by atoms with Gasteiger partial charge in [-0.3, -0.25) is 25.4 Å². The fourth-order valence-electron chi connectivity index (χ4n) is 2.32. The van der Waals surface area contributed by atoms with Gasteiger partial charge in [-0.25, -0.2) is 4.98 Å². The molecule has 2 heterocycles. The summed E-state index contributed by atoms with van der Waals surface area (Å²) >= 11 is 0. The second-order valence-electron chi connectivity index (χ2n) is 5.16. The van der Waals surface area contributed by atoms with E-state index in [1.54, 1.807) is 25.4 Å². The van der Waals surface area contributed by atoms with Gasteiger partial charge in [-0.15, -0.1) is 0 Å². The van der Waals surface area contributed by atoms with Crippen LogP contribution in [0.25, 0.3) is 22.2 Å². The number of para-hydroxylation sites is 1. The average Bonchev–Trinajstić information content (AvgIpc) is 2.65. The maximum Gasteiger partial charge on any atom is 0.270 e. The van der Waals surface area contributed by atoms with Crippen LogP contribution >= 0.6 is 0 Å². The number of nitrogens with zero attached hydrogens (tertiary/aromatic N) is 2. The van der Waals surface area contributed by atoms with Gasteiger partial charge in [-0.2, -0.15) is 0 Å². The Morgan fingerprint density at radius 2 is 1.79 bits per heavy atom. The van der Waals surface area contributed by atoms with E-state index in [-0.39, 0.29) is 11.8 Å². The summed E-state index contributed by atoms with van der Waals surface area (Å²) in [6, 6.07) is 12.8. The van der Waals surface area contributed by atoms with Crippen molar-refractivity contribution in [2.45, 2.75) is 13.3 Å². The van der Waals surface area contributed by atoms with Gasteiger partial charge in [0.1, 0.15) is 0 Å². The first-order valence-corrected chi connectivity index (χ1v) is 7.58. The fraction of sp³-hybridized carbons (Fsp3) is 0.111. The maximum absolute atomic E-state index is 12.5. The molecule has 2 N–H and O–H groups in total. The van der Waals surface area contributed by atoms with Crippen molar-refractivity contribution in [3.05, 3.63) is 60.4 Å². The highest BCUT2D eigenvalue weighted by molar-refractivity contribution is 6.07. The molecule has 0 atom stereocenters. The van der Waals surface area contributed by atoms with E-state index >= 15 is 0 Å². The third kappa shape index (κ3) is 3.22. The number of amides is 2. The smallest absolute Gasteiger partial charge is 0.270 e. The summed E-state index contributed by atoms with van der Waals surface area (Å²) in [4.78, 5) is 32.5. The quantitative estimate of drug-likeness (QED) is 0.726. The number of pyridine rings is 2. The lowest BCUT2D eigenvalue weighted by Gasteiger charge is -2.11. The summed E-state index contributed by atoms with van der Waals surface area (Å²) in [5.41, 5.74) is 7.52. The minimum absolute atomic E-state index is 0.254. The molecule has 24 heavy (non-hydrogen) atoms. The zero-order valence-electron chi connectivity index (χ0n) is 13.1. The normalized spacial score (nSPS) is 10.4. The number of rotatable bonds is 3. The van der Waals surface area contributed by atoms with Crippen LogP contribution in [0.3, 0.4) is 0 Å². The van der Waals surface area contributed by atoms with Gasteiger partial charge in [-0.1, -0.05) is 25.1 Å². The summed E-state index contributed by atoms with van der Waals surface area (Å²) in [6.45, 7) is 1.71. The van der Waals surface area contributed by atoms with Gasteiger partial charge in [0, 0.05) is 29.8 Å². The van der Waals surface area contributed by atoms with Crippen LogP contribution in [0.2, 0.25) is 0 Å². The number of carbonyl (C=O) groups excluding carboxylic acids is 2. The van der Waals surface area contributed by atoms with Gasteiger partial charge in [0.05, 0.1) is 16.8 Å². The Morgan fingerprint density at radius 3 is 2.54 bits per heavy atom. The number of aromatic nitrogens is 2. The van der Waals surface area contributed by atoms with E-state index < -0.39 is 0 Å². The van der Waals surface area contributed by atoms with Crippen molar-refractivity contribution in [1.29, 1.82) is 0 Å². The van der Waals surface area contributed by atoms with E-state index in [4.69, 9.17) is 0 Å². The van der Waals surface area contributed by atoms with E-state index in [0.29, 0.717) is 23.2 Å². The Kier molecular flexibility index (Phi) is 4.47. The lowest BCUT2D eigenvalue weighted by molar-refractivity contribution is -0.121. The van der Waals surface area contributed by atoms with Crippen molar-refractivity contribution in [3.63, 3.8) is 0 Å². The molecule has 0 aliphatic heterocycles. The van der Waals surface area contributed by atoms with Crippen molar-refractivity contribution in [2.75, 3.05) is 0 Å². The van der Waals surface area contributed by atoms with E-state index in [2.05, 4.69) is 20.8 Å². The Morgan fingerprint density at radius 1 is 1.04 bits per heavy atom. The third-order valence-corrected chi connectivity index (χ3v) is 3.57. The minimum atomic E-state index is -0.384. The Hall–Kier alpha value is -3.28. The van der Waals surface area contributed by atoms with Crippen LogP contribution in [0.5, 0.6) is 0 Å². The maximum atomic E-state index is 12.5. The number of fused-ring (bicyclic) bond motifs is 1. The molecule has 0 fully saturated rings. The zero-order valence-corrected chi connectivity index (χ0v) is 13.1. The largest absolute Gasteiger partial charge is 0.273 e. The molecule has 3 rings (SSSR count). The summed E-state index contributed by atoms with van der Waals surface area (Å²) in [6.07, 6.45) is 3.64. The van der Waals surface area contributed by atoms with Crippen LogP contribution in [-0.4, -0.2) is 21.8 Å². The van der Waals surface area contributed by atoms with E-state index in [9.17, 15) is 9.59 Å². The second-order valence-corrected chi connectivity index (χ2v) is 5.16. The molecule has 1 aromatic carbocycles. The predicted molar refractivity (Wildman–Crippen MR) is 90.9 cm³/mol. The lowest BCUT2D eigenvalue weighted by Crippen LogP contribution is -2.41. The number of hydrogen-bond donors (Lipinski definition) is 2. The topological polar surface area (TPSA) is 84.0 Å². The first-order chi connectivity index (χ1) is 11.7. The Bertz CT molecular complexity index is 894. The summed E-state index contributed by atoms with van der Waals surface area (Å²) < 4.78 is 0. The standard InChI is InChI=1S/C18H16N4O2/c1-2-17(23)21-22-18(24)14-11-16(12-7-9-19-10-8-12)20-15-6-4-3-5-13(14)15/h3-11H,2H2,1H3,(H,21,23)(H,22,24). The van der Waals surface area contributed by atoms with Crippen molar-refractivity contribution in [1.82, 2.24) is 20.8 Å². The van der Waals surface area contributed by atoms with Crippen LogP contribution < -0.4 is 10.9 Å². The van der Waals surface area contributed by atoms with Crippen molar-refractivity contribution in [2.24, 2.45) is 0 Å². The molecule has 0 saturated carbocycles. The lowest BCUT2D eigenvalue weighted by atomic mass is 10.0. The zero-order chi connectivity index (χ0) is 16.9. The number of hydrogen-bond acceptors (Lipinski definition) is 4. The SMILES string of the molecule is CCC(=O)NNC(=O)c1cc(-c2ccncc2)nc2ccccc12. The molecule has 0 unspecified atom stereocenters. The average molecular weight is 320 g/mol. The Labute approximate surface area is 138 Å². The highest BCUT2D eigenvalue weighted by Crippen LogP contribution is 2.24. The van der Waals surface area contributed by atoms with Crippen LogP contribution in [0.15, 0.2) is 54.9 Å². The van der Waals surface area contributed by atoms with Crippen molar-refractivity contribution in [3.8, 4) is 11.3 Å². The van der Waals surface area contributed by atoms with Gasteiger partial charge in [0.2, 0.25) is 5.91 Å². The summed E-state index contributed by atoms with van der Waals surface area (Å²) in [5.74, 6) is -0.637. The van der Waals surface area contributed by atoms with Crippen LogP contribution in [-0.2, 0) is 4.79 Å². The second kappa shape index (κ2) is 6.87. The van der Waals surface area contributed by atoms with Gasteiger partial charge >= 0.3 is 0 Å². The monoisotopic (exact) mass is 320 g/mol. The summed E-state index contributed by atoms with van der Waals surface area (Å²) in [5, 5.41) is 0.721. The molecule has 3 aromatic rings. The predicted octanol–water partition coefficient (Wildman–Crippen LogP) is 2.47. The van der Waals surface area contributed by atoms with Crippen LogP contribution in [0.1, 0.15) is 23.7 Å². The highest BCUT2D eigenvalue weighted by atomic mass is 16.2. The molecule has 0 spiro atoms. The number of nitrogens with one attached hydrogen (secondary N) is 2. The van der Waals surface area contributed by atoms with Crippen molar-refractivity contribution < 1.29 is 9.59 Å². The fourth-order valence-corrected chi connectivity index (χ4v) is 2.32. The molecular formula is C18H16N4O2. The molecule has 0 radical (unpaired) electrons. The first-order valence-electron chi connectivity index (χ1n) is 7.58. The number of carbonyl (C=O) groups is 2. The molecular weight excluding hydrogens is 304 g/mol. The summed E-state index contributed by atoms with van der Waals surface area (Å²) in [7, 11) is 0. The molecule has 120 valence electrons. The third-order valence-electron chi connectivity index (χ3n) is 3.57. The molecule has 2 aromatic heterocycles. The molecule has 6 heteroatoms. The molecule has 6 nitrogen and oxygen atoms in total. The molecule has 0 saturated heterocycles. The first kappa shape index (κ1) is 15.6.